The van der Waals surface area contributed by atoms with Crippen LogP contribution >= 0.6 is 0 Å². The monoisotopic (exact) mass is 2050 g/mol. The number of ether oxygens (including phenoxy) is 10. The van der Waals surface area contributed by atoms with E-state index in [0.29, 0.717) is 53.4 Å². The molecule has 3 aliphatic carbocycles. The Morgan fingerprint density at radius 3 is 1.10 bits per heavy atom. The van der Waals surface area contributed by atoms with E-state index in [-0.39, 0.29) is 113 Å². The summed E-state index contributed by atoms with van der Waals surface area (Å²) in [6.07, 6.45) is -12.0. The van der Waals surface area contributed by atoms with Crippen LogP contribution in [0, 0.1) is 23.4 Å². The second-order valence-corrected chi connectivity index (χ2v) is 32.0. The molecule has 0 radical (unpaired) electrons. The van der Waals surface area contributed by atoms with Gasteiger partial charge >= 0.3 is 43.0 Å². The zero-order chi connectivity index (χ0) is 103. The van der Waals surface area contributed by atoms with Crippen molar-refractivity contribution in [3.05, 3.63) is 182 Å². The Morgan fingerprint density at radius 2 is 0.727 bits per heavy atom. The predicted octanol–water partition coefficient (Wildman–Crippen LogP) is 18.0. The second-order valence-electron chi connectivity index (χ2n) is 32.0. The molecule has 0 N–H and O–H groups in total. The van der Waals surface area contributed by atoms with E-state index >= 15 is 0 Å². The van der Waals surface area contributed by atoms with E-state index in [1.807, 2.05) is 6.92 Å². The molecule has 0 amide bonds. The normalized spacial score (nSPS) is 14.8. The van der Waals surface area contributed by atoms with Gasteiger partial charge in [0.05, 0.1) is 85.4 Å². The van der Waals surface area contributed by atoms with E-state index in [1.165, 1.54) is 100 Å². The van der Waals surface area contributed by atoms with Crippen LogP contribution in [0.3, 0.4) is 0 Å². The summed E-state index contributed by atoms with van der Waals surface area (Å²) >= 11 is 0. The van der Waals surface area contributed by atoms with E-state index in [0.717, 1.165) is 68.2 Å². The summed E-state index contributed by atoms with van der Waals surface area (Å²) in [6, 6.07) is 8.62. The molecule has 0 atom stereocenters. The van der Waals surface area contributed by atoms with E-state index in [1.54, 1.807) is 30.5 Å². The van der Waals surface area contributed by atoms with Crippen LogP contribution in [-0.4, -0.2) is 217 Å². The van der Waals surface area contributed by atoms with Gasteiger partial charge in [-0.05, 0) is 83.7 Å². The Labute approximate surface area is 786 Å². The van der Waals surface area contributed by atoms with Crippen LogP contribution in [0.1, 0.15) is 116 Å². The van der Waals surface area contributed by atoms with Crippen LogP contribution < -0.4 is 23.7 Å². The molecule has 18 rings (SSSR count). The fourth-order valence-corrected chi connectivity index (χ4v) is 12.7. The van der Waals surface area contributed by atoms with Crippen LogP contribution in [0.5, 0.6) is 29.4 Å². The summed E-state index contributed by atoms with van der Waals surface area (Å²) in [7, 11) is 0. The first-order valence-electron chi connectivity index (χ1n) is 42.1. The molecule has 15 aromatic heterocycles. The molecule has 0 saturated heterocycles. The summed E-state index contributed by atoms with van der Waals surface area (Å²) < 4.78 is 373. The first-order chi connectivity index (χ1) is 67.2. The summed E-state index contributed by atoms with van der Waals surface area (Å²) in [6.45, 7) is 6.49. The van der Waals surface area contributed by atoms with Gasteiger partial charge in [-0.1, -0.05) is 13.8 Å². The van der Waals surface area contributed by atoms with Gasteiger partial charge in [0, 0.05) is 134 Å². The molecule has 0 spiro atoms. The molecule has 0 aliphatic heterocycles. The number of fused-ring (bicyclic) bond motifs is 5. The van der Waals surface area contributed by atoms with E-state index in [4.69, 9.17) is 23.7 Å². The summed E-state index contributed by atoms with van der Waals surface area (Å²) in [5.41, 5.74) is 0.502. The number of hydrogen-bond acceptors (Lipinski definition) is 30. The molecular weight excluding hydrogens is 1980 g/mol. The van der Waals surface area contributed by atoms with Crippen LogP contribution in [0.2, 0.25) is 0 Å². The first kappa shape index (κ1) is 104. The highest BCUT2D eigenvalue weighted by molar-refractivity contribution is 5.64. The quantitative estimate of drug-likeness (QED) is 0.0364. The smallest absolute Gasteiger partial charge is 0.427 e. The minimum absolute atomic E-state index is 0.00280. The Kier molecular flexibility index (Phi) is 30.4. The van der Waals surface area contributed by atoms with Gasteiger partial charge in [-0.15, -0.1) is 51.0 Å². The number of alkyl halides is 21. The van der Waals surface area contributed by atoms with Crippen molar-refractivity contribution in [2.75, 3.05) is 39.6 Å². The fraction of sp³-hybridized carbons (Fsp3) is 0.405. The standard InChI is InChI=1S/C18H15F4N5O2.C17H15F6N5O2.C17H14F5N5O2.C17H17F4N5O2.C15H12F5N5O2/c19-17(20)5-12(6-17)28-15-4-1-10(7-24-15)13-9-27-14(8-23-13)25-26-16(27)18(21,22)29-11-2-3-11;1-9(2)7-30-17(22,23)15-27-26-13-5-24-12(6-28(13)15)10-3-11(18)14(25-4-10)29-8-16(19,20)21;1-2-28-17(21,22)15-26-25-13-7-23-12(8-27(13)15)9-3-11(18)14(24-6-9)29-10-4-16(19,20)5-10;1-4-27-9-14-25-24-13-7-22-12(8-26(13)14)10-5-11(18)15(23-6-10)28-16(2,3)17(19,20)21;1-2-27-15(19,20)13-24-23-11-6-21-10(7-25(11)13)9-3-4-12(22-5-9)26-8-14(16,17)18/h1,4,7-9,11-12H,2-3,5-6H2;3-6,9H,7-8H2,1-2H3;3,6-8,10H,2,4-5H2,1H3;5-8H,4,9H2,1-3H3;3-7H,2,8H2,1H3. The Morgan fingerprint density at radius 1 is 0.371 bits per heavy atom. The molecule has 3 fully saturated rings. The topological polar surface area (TPSA) is 372 Å². The zero-order valence-corrected chi connectivity index (χ0v) is 74.5. The van der Waals surface area contributed by atoms with Crippen LogP contribution in [0.4, 0.5) is 105 Å². The molecule has 0 bridgehead atoms. The Balaban J connectivity index is 0.000000142. The second kappa shape index (κ2) is 41.7. The highest BCUT2D eigenvalue weighted by atomic mass is 19.4. The van der Waals surface area contributed by atoms with Gasteiger partial charge in [0.25, 0.3) is 29.5 Å². The molecule has 59 heteroatoms. The van der Waals surface area contributed by atoms with Gasteiger partial charge < -0.3 is 47.4 Å². The molecule has 0 unspecified atom stereocenters. The zero-order valence-electron chi connectivity index (χ0n) is 74.5. The number of hydrogen-bond donors (Lipinski definition) is 0. The fourth-order valence-electron chi connectivity index (χ4n) is 12.7. The van der Waals surface area contributed by atoms with Crippen molar-refractivity contribution in [2.24, 2.45) is 5.92 Å². The van der Waals surface area contributed by atoms with Gasteiger partial charge in [0.1, 0.15) is 18.8 Å². The lowest BCUT2D eigenvalue weighted by atomic mass is 9.91. The number of pyridine rings is 5. The Bertz CT molecular complexity index is 6940. The van der Waals surface area contributed by atoms with Gasteiger partial charge in [-0.25, -0.2) is 55.7 Å². The van der Waals surface area contributed by atoms with Crippen LogP contribution in [0.25, 0.3) is 84.5 Å². The van der Waals surface area contributed by atoms with Gasteiger partial charge in [0.2, 0.25) is 35.1 Å². The number of rotatable bonds is 31. The van der Waals surface area contributed by atoms with Crippen molar-refractivity contribution in [1.29, 1.82) is 0 Å². The third kappa shape index (κ3) is 25.9. The van der Waals surface area contributed by atoms with Crippen molar-refractivity contribution in [3.8, 4) is 85.7 Å². The average molecular weight is 2050 g/mol. The average Bonchev–Trinajstić information content (AvgIpc) is 1.64. The molecule has 3 saturated carbocycles. The van der Waals surface area contributed by atoms with Gasteiger partial charge in [0.15, 0.2) is 70.3 Å². The maximum absolute atomic E-state index is 14.4. The van der Waals surface area contributed by atoms with Crippen molar-refractivity contribution in [1.82, 2.24) is 123 Å². The lowest BCUT2D eigenvalue weighted by Crippen LogP contribution is -2.45. The van der Waals surface area contributed by atoms with E-state index in [2.05, 4.69) is 125 Å². The summed E-state index contributed by atoms with van der Waals surface area (Å²) in [4.78, 5) is 39.3. The lowest BCUT2D eigenvalue weighted by Gasteiger charge is -2.34. The summed E-state index contributed by atoms with van der Waals surface area (Å²) in [5.74, 6) is -13.1. The summed E-state index contributed by atoms with van der Waals surface area (Å²) in [5, 5.41) is 36.4. The highest BCUT2D eigenvalue weighted by Crippen LogP contribution is 2.44. The van der Waals surface area contributed by atoms with E-state index < -0.39 is 163 Å². The number of nitrogens with zero attached hydrogens (tertiary/aromatic N) is 25. The maximum atomic E-state index is 14.4. The molecule has 15 heterocycles. The number of aromatic nitrogens is 25. The van der Waals surface area contributed by atoms with Crippen molar-refractivity contribution < 1.29 is 153 Å². The predicted molar refractivity (Wildman–Crippen MR) is 440 cm³/mol. The van der Waals surface area contributed by atoms with E-state index in [9.17, 15) is 105 Å². The molecule has 35 nitrogen and oxygen atoms in total. The maximum Gasteiger partial charge on any atom is 0.427 e. The largest absolute Gasteiger partial charge is 0.474 e. The third-order valence-electron chi connectivity index (χ3n) is 19.9. The molecule has 3 aliphatic rings. The van der Waals surface area contributed by atoms with Crippen molar-refractivity contribution in [3.63, 3.8) is 0 Å². The third-order valence-corrected chi connectivity index (χ3v) is 19.9. The Hall–Kier alpha value is -14.4. The van der Waals surface area contributed by atoms with Gasteiger partial charge in [-0.2, -0.15) is 74.6 Å². The minimum Gasteiger partial charge on any atom is -0.474 e. The molecule has 15 aromatic rings. The first-order valence-corrected chi connectivity index (χ1v) is 42.1. The number of halogens is 24. The van der Waals surface area contributed by atoms with Crippen LogP contribution in [0.15, 0.2) is 135 Å². The highest BCUT2D eigenvalue weighted by Gasteiger charge is 2.52. The van der Waals surface area contributed by atoms with Crippen LogP contribution in [-0.2, 0) is 54.7 Å². The minimum atomic E-state index is -4.68. The SMILES string of the molecule is CC(C)COC(F)(F)c1nnc2cnc(-c3cnc(OCC(F)(F)F)c(F)c3)cn12.CCOC(F)(F)c1nnc2cnc(-c3ccc(OCC(F)(F)F)nc3)cn12.CCOC(F)(F)c1nnc2cnc(-c3cnc(OC4CC(F)(F)C4)c(F)c3)cn12.CCOCc1nnc2cnc(-c3cnc(OC(C)(C)C(F)(F)F)c(F)c3)cn12.FC1(F)CC(Oc2ccc(-c3cn4c(C(F)(F)OC5CC5)nnc4cn3)cn2)C1. The van der Waals surface area contributed by atoms with Gasteiger partial charge in [-0.3, -0.25) is 46.9 Å². The molecule has 762 valence electrons. The lowest BCUT2D eigenvalue weighted by molar-refractivity contribution is -0.261. The van der Waals surface area contributed by atoms with Crippen molar-refractivity contribution >= 4 is 28.2 Å². The molecular formula is C84H73F24N25O10. The van der Waals surface area contributed by atoms with Crippen molar-refractivity contribution in [2.45, 2.75) is 172 Å². The molecule has 0 aromatic carbocycles. The molecule has 143 heavy (non-hydrogen) atoms.